The molecular weight excluding hydrogens is 424 g/mol. The van der Waals surface area contributed by atoms with Crippen molar-refractivity contribution in [3.63, 3.8) is 0 Å². The van der Waals surface area contributed by atoms with Crippen molar-refractivity contribution in [3.05, 3.63) is 63.5 Å². The molecule has 32 heavy (non-hydrogen) atoms. The highest BCUT2D eigenvalue weighted by atomic mass is 32.1. The largest absolute Gasteiger partial charge is 0.452 e. The number of para-hydroxylation sites is 1. The summed E-state index contributed by atoms with van der Waals surface area (Å²) in [5.74, 6) is -0.647. The second-order valence-corrected chi connectivity index (χ2v) is 8.92. The summed E-state index contributed by atoms with van der Waals surface area (Å²) in [6.07, 6.45) is 4.79. The molecule has 1 aromatic carbocycles. The third-order valence-electron chi connectivity index (χ3n) is 5.92. The lowest BCUT2D eigenvalue weighted by atomic mass is 9.86. The fourth-order valence-corrected chi connectivity index (χ4v) is 5.04. The number of hydrogen-bond donors (Lipinski definition) is 0. The number of carbonyl (C=O) groups excluding carboxylic acids is 2. The van der Waals surface area contributed by atoms with E-state index in [0.29, 0.717) is 31.9 Å². The van der Waals surface area contributed by atoms with Crippen LogP contribution in [0.4, 0.5) is 0 Å². The van der Waals surface area contributed by atoms with Gasteiger partial charge in [0.15, 0.2) is 6.61 Å². The van der Waals surface area contributed by atoms with E-state index in [1.807, 2.05) is 30.3 Å². The van der Waals surface area contributed by atoms with Gasteiger partial charge in [-0.3, -0.25) is 4.79 Å². The predicted octanol–water partition coefficient (Wildman–Crippen LogP) is 4.19. The SMILES string of the molecule is O=C(OCC(=O)N1CCOCC1)c1c2c(nc3ccccc13)C(=Cc1cccs1)CCC2. The third-order valence-corrected chi connectivity index (χ3v) is 6.74. The lowest BCUT2D eigenvalue weighted by molar-refractivity contribution is -0.138. The van der Waals surface area contributed by atoms with Crippen LogP contribution in [0.25, 0.3) is 22.6 Å². The van der Waals surface area contributed by atoms with Crippen LogP contribution in [-0.4, -0.2) is 54.7 Å². The first-order valence-corrected chi connectivity index (χ1v) is 11.8. The van der Waals surface area contributed by atoms with E-state index in [9.17, 15) is 9.59 Å². The van der Waals surface area contributed by atoms with E-state index in [0.717, 1.165) is 47.0 Å². The first-order valence-electron chi connectivity index (χ1n) is 10.9. The highest BCUT2D eigenvalue weighted by Crippen LogP contribution is 2.36. The minimum atomic E-state index is -0.459. The van der Waals surface area contributed by atoms with Gasteiger partial charge in [0.2, 0.25) is 0 Å². The van der Waals surface area contributed by atoms with Gasteiger partial charge in [0.1, 0.15) is 0 Å². The fraction of sp³-hybridized carbons (Fsp3) is 0.320. The summed E-state index contributed by atoms with van der Waals surface area (Å²) in [4.78, 5) is 33.5. The topological polar surface area (TPSA) is 68.7 Å². The van der Waals surface area contributed by atoms with Crippen molar-refractivity contribution in [1.82, 2.24) is 9.88 Å². The quantitative estimate of drug-likeness (QED) is 0.560. The van der Waals surface area contributed by atoms with Gasteiger partial charge < -0.3 is 14.4 Å². The van der Waals surface area contributed by atoms with Crippen LogP contribution in [0.2, 0.25) is 0 Å². The number of amides is 1. The lowest BCUT2D eigenvalue weighted by Crippen LogP contribution is -2.42. The number of aromatic nitrogens is 1. The Bertz CT molecular complexity index is 1180. The van der Waals surface area contributed by atoms with Gasteiger partial charge in [-0.15, -0.1) is 11.3 Å². The van der Waals surface area contributed by atoms with Crippen LogP contribution < -0.4 is 0 Å². The highest BCUT2D eigenvalue weighted by molar-refractivity contribution is 7.10. The molecule has 0 radical (unpaired) electrons. The summed E-state index contributed by atoms with van der Waals surface area (Å²) in [6.45, 7) is 1.83. The number of esters is 1. The summed E-state index contributed by atoms with van der Waals surface area (Å²) in [5.41, 5.74) is 4.23. The maximum absolute atomic E-state index is 13.3. The number of benzene rings is 1. The predicted molar refractivity (Wildman–Crippen MR) is 125 cm³/mol. The number of nitrogens with zero attached hydrogens (tertiary/aromatic N) is 2. The number of thiophene rings is 1. The molecule has 1 saturated heterocycles. The van der Waals surface area contributed by atoms with Crippen molar-refractivity contribution in [1.29, 1.82) is 0 Å². The second-order valence-electron chi connectivity index (χ2n) is 7.94. The number of rotatable bonds is 4. The number of morpholine rings is 1. The van der Waals surface area contributed by atoms with Crippen molar-refractivity contribution < 1.29 is 19.1 Å². The standard InChI is InChI=1S/C25H24N2O4S/c28-22(27-10-12-30-13-11-27)16-31-25(29)23-19-7-1-2-9-21(19)26-24-17(5-3-8-20(23)24)15-18-6-4-14-32-18/h1-2,4,6-7,9,14-15H,3,5,8,10-13,16H2. The van der Waals surface area contributed by atoms with Gasteiger partial charge in [0.25, 0.3) is 5.91 Å². The molecule has 3 heterocycles. The van der Waals surface area contributed by atoms with Gasteiger partial charge >= 0.3 is 5.97 Å². The molecule has 5 rings (SSSR count). The zero-order valence-electron chi connectivity index (χ0n) is 17.7. The molecule has 3 aromatic rings. The average molecular weight is 449 g/mol. The molecule has 0 unspecified atom stereocenters. The fourth-order valence-electron chi connectivity index (χ4n) is 4.36. The monoisotopic (exact) mass is 448 g/mol. The molecule has 2 aromatic heterocycles. The smallest absolute Gasteiger partial charge is 0.339 e. The summed E-state index contributed by atoms with van der Waals surface area (Å²) in [6, 6.07) is 11.8. The first-order chi connectivity index (χ1) is 15.7. The summed E-state index contributed by atoms with van der Waals surface area (Å²) in [5, 5.41) is 2.82. The molecule has 6 nitrogen and oxygen atoms in total. The van der Waals surface area contributed by atoms with Crippen molar-refractivity contribution in [2.45, 2.75) is 19.3 Å². The third kappa shape index (κ3) is 4.18. The maximum Gasteiger partial charge on any atom is 0.339 e. The maximum atomic E-state index is 13.3. The normalized spacial score (nSPS) is 17.4. The van der Waals surface area contributed by atoms with Crippen LogP contribution in [0.1, 0.15) is 39.3 Å². The van der Waals surface area contributed by atoms with Crippen molar-refractivity contribution in [3.8, 4) is 0 Å². The van der Waals surface area contributed by atoms with E-state index in [-0.39, 0.29) is 12.5 Å². The number of ether oxygens (including phenoxy) is 2. The van der Waals surface area contributed by atoms with Gasteiger partial charge in [-0.05, 0) is 54.0 Å². The molecule has 0 spiro atoms. The number of pyridine rings is 1. The second kappa shape index (κ2) is 9.22. The van der Waals surface area contributed by atoms with Gasteiger partial charge in [-0.25, -0.2) is 9.78 Å². The van der Waals surface area contributed by atoms with E-state index in [1.165, 1.54) is 4.88 Å². The Kier molecular flexibility index (Phi) is 6.01. The molecular formula is C25H24N2O4S. The first kappa shape index (κ1) is 20.8. The highest BCUT2D eigenvalue weighted by Gasteiger charge is 2.27. The van der Waals surface area contributed by atoms with Crippen LogP contribution in [0.3, 0.4) is 0 Å². The summed E-state index contributed by atoms with van der Waals surface area (Å²) in [7, 11) is 0. The molecule has 7 heteroatoms. The van der Waals surface area contributed by atoms with E-state index in [1.54, 1.807) is 16.2 Å². The van der Waals surface area contributed by atoms with E-state index in [2.05, 4.69) is 17.5 Å². The number of fused-ring (bicyclic) bond motifs is 2. The number of carbonyl (C=O) groups is 2. The molecule has 1 amide bonds. The van der Waals surface area contributed by atoms with Gasteiger partial charge in [-0.1, -0.05) is 24.3 Å². The zero-order valence-corrected chi connectivity index (χ0v) is 18.5. The Hall–Kier alpha value is -3.03. The molecule has 1 aliphatic heterocycles. The lowest BCUT2D eigenvalue weighted by Gasteiger charge is -2.26. The van der Waals surface area contributed by atoms with E-state index < -0.39 is 5.97 Å². The Morgan fingerprint density at radius 3 is 2.78 bits per heavy atom. The molecule has 1 fully saturated rings. The molecule has 164 valence electrons. The van der Waals surface area contributed by atoms with Crippen LogP contribution in [-0.2, 0) is 20.7 Å². The molecule has 0 bridgehead atoms. The van der Waals surface area contributed by atoms with Crippen molar-refractivity contribution in [2.75, 3.05) is 32.9 Å². The molecule has 1 aliphatic carbocycles. The van der Waals surface area contributed by atoms with Gasteiger partial charge in [0.05, 0.1) is 30.0 Å². The molecule has 0 N–H and O–H groups in total. The summed E-state index contributed by atoms with van der Waals surface area (Å²) < 4.78 is 10.8. The average Bonchev–Trinajstić information content (AvgIpc) is 3.35. The van der Waals surface area contributed by atoms with Crippen molar-refractivity contribution in [2.24, 2.45) is 0 Å². The van der Waals surface area contributed by atoms with Crippen molar-refractivity contribution >= 4 is 45.8 Å². The van der Waals surface area contributed by atoms with Gasteiger partial charge in [0, 0.05) is 23.4 Å². The number of allylic oxidation sites excluding steroid dienone is 1. The van der Waals surface area contributed by atoms with Crippen LogP contribution >= 0.6 is 11.3 Å². The zero-order chi connectivity index (χ0) is 21.9. The molecule has 0 atom stereocenters. The Morgan fingerprint density at radius 2 is 1.97 bits per heavy atom. The van der Waals surface area contributed by atoms with Crippen LogP contribution in [0, 0.1) is 0 Å². The van der Waals surface area contributed by atoms with Gasteiger partial charge in [-0.2, -0.15) is 0 Å². The van der Waals surface area contributed by atoms with Crippen LogP contribution in [0.5, 0.6) is 0 Å². The Labute approximate surface area is 190 Å². The molecule has 2 aliphatic rings. The Morgan fingerprint density at radius 1 is 1.12 bits per heavy atom. The molecule has 0 saturated carbocycles. The minimum absolute atomic E-state index is 0.188. The summed E-state index contributed by atoms with van der Waals surface area (Å²) >= 11 is 1.68. The van der Waals surface area contributed by atoms with E-state index >= 15 is 0 Å². The Balaban J connectivity index is 1.49. The van der Waals surface area contributed by atoms with E-state index in [4.69, 9.17) is 14.5 Å². The number of hydrogen-bond acceptors (Lipinski definition) is 6. The van der Waals surface area contributed by atoms with Crippen LogP contribution in [0.15, 0.2) is 41.8 Å². The minimum Gasteiger partial charge on any atom is -0.452 e.